The van der Waals surface area contributed by atoms with E-state index in [9.17, 15) is 0 Å². The molecular formula is C7H16OS. The summed E-state index contributed by atoms with van der Waals surface area (Å²) < 4.78 is 0. The van der Waals surface area contributed by atoms with Crippen molar-refractivity contribution in [1.29, 1.82) is 0 Å². The topological polar surface area (TPSA) is 20.2 Å². The average molecular weight is 148 g/mol. The Bertz CT molecular complexity index is 51.8. The standard InChI is InChI=1S/C7H16OS/c1-3-7(4-2,5-8)6-9/h8-9H,3-6H2,1-2H3. The minimum atomic E-state index is 0.0864. The van der Waals surface area contributed by atoms with Crippen molar-refractivity contribution in [3.8, 4) is 0 Å². The van der Waals surface area contributed by atoms with Crippen molar-refractivity contribution in [3.63, 3.8) is 0 Å². The molecule has 0 rings (SSSR count). The van der Waals surface area contributed by atoms with Crippen LogP contribution in [0.15, 0.2) is 0 Å². The molecule has 1 N–H and O–H groups in total. The van der Waals surface area contributed by atoms with E-state index < -0.39 is 0 Å². The van der Waals surface area contributed by atoms with E-state index in [4.69, 9.17) is 5.11 Å². The Morgan fingerprint density at radius 2 is 1.78 bits per heavy atom. The normalized spacial score (nSPS) is 12.0. The molecular weight excluding hydrogens is 132 g/mol. The highest BCUT2D eigenvalue weighted by Crippen LogP contribution is 2.26. The lowest BCUT2D eigenvalue weighted by atomic mass is 9.86. The van der Waals surface area contributed by atoms with Gasteiger partial charge in [0.1, 0.15) is 0 Å². The Morgan fingerprint density at radius 1 is 1.33 bits per heavy atom. The number of aliphatic hydroxyl groups excluding tert-OH is 1. The summed E-state index contributed by atoms with van der Waals surface area (Å²) in [4.78, 5) is 0. The van der Waals surface area contributed by atoms with E-state index in [-0.39, 0.29) is 12.0 Å². The van der Waals surface area contributed by atoms with Gasteiger partial charge >= 0.3 is 0 Å². The second-order valence-electron chi connectivity index (χ2n) is 2.52. The van der Waals surface area contributed by atoms with Crippen LogP contribution >= 0.6 is 12.6 Å². The first-order valence-corrected chi connectivity index (χ1v) is 4.09. The first-order chi connectivity index (χ1) is 4.24. The summed E-state index contributed by atoms with van der Waals surface area (Å²) >= 11 is 4.18. The van der Waals surface area contributed by atoms with Gasteiger partial charge in [-0.2, -0.15) is 12.6 Å². The van der Waals surface area contributed by atoms with Gasteiger partial charge in [-0.15, -0.1) is 0 Å². The highest BCUT2D eigenvalue weighted by Gasteiger charge is 2.22. The van der Waals surface area contributed by atoms with Gasteiger partial charge in [0.15, 0.2) is 0 Å². The smallest absolute Gasteiger partial charge is 0.0495 e. The number of hydrogen-bond donors (Lipinski definition) is 2. The molecule has 0 spiro atoms. The summed E-state index contributed by atoms with van der Waals surface area (Å²) in [5, 5.41) is 8.93. The molecule has 0 heterocycles. The third-order valence-electron chi connectivity index (χ3n) is 2.17. The highest BCUT2D eigenvalue weighted by atomic mass is 32.1. The zero-order valence-corrected chi connectivity index (χ0v) is 7.12. The molecule has 56 valence electrons. The molecule has 0 aliphatic rings. The maximum absolute atomic E-state index is 8.93. The van der Waals surface area contributed by atoms with Crippen LogP contribution in [0.3, 0.4) is 0 Å². The van der Waals surface area contributed by atoms with E-state index in [2.05, 4.69) is 26.5 Å². The number of rotatable bonds is 4. The highest BCUT2D eigenvalue weighted by molar-refractivity contribution is 7.80. The zero-order valence-electron chi connectivity index (χ0n) is 6.22. The van der Waals surface area contributed by atoms with Crippen molar-refractivity contribution in [1.82, 2.24) is 0 Å². The summed E-state index contributed by atoms with van der Waals surface area (Å²) in [6.45, 7) is 4.45. The van der Waals surface area contributed by atoms with E-state index in [1.54, 1.807) is 0 Å². The molecule has 9 heavy (non-hydrogen) atoms. The van der Waals surface area contributed by atoms with Crippen LogP contribution in [-0.4, -0.2) is 17.5 Å². The Morgan fingerprint density at radius 3 is 1.78 bits per heavy atom. The van der Waals surface area contributed by atoms with Gasteiger partial charge in [-0.3, -0.25) is 0 Å². The molecule has 0 saturated heterocycles. The summed E-state index contributed by atoms with van der Waals surface area (Å²) in [7, 11) is 0. The van der Waals surface area contributed by atoms with Crippen LogP contribution in [0.1, 0.15) is 26.7 Å². The van der Waals surface area contributed by atoms with Crippen molar-refractivity contribution in [3.05, 3.63) is 0 Å². The van der Waals surface area contributed by atoms with Crippen LogP contribution in [0.25, 0.3) is 0 Å². The van der Waals surface area contributed by atoms with Crippen molar-refractivity contribution in [2.24, 2.45) is 5.41 Å². The third kappa shape index (κ3) is 2.18. The van der Waals surface area contributed by atoms with Gasteiger partial charge in [0.25, 0.3) is 0 Å². The summed E-state index contributed by atoms with van der Waals surface area (Å²) in [6.07, 6.45) is 2.03. The molecule has 0 atom stereocenters. The molecule has 2 heteroatoms. The molecule has 0 aliphatic carbocycles. The quantitative estimate of drug-likeness (QED) is 0.582. The van der Waals surface area contributed by atoms with Gasteiger partial charge in [-0.1, -0.05) is 13.8 Å². The maximum Gasteiger partial charge on any atom is 0.0495 e. The zero-order chi connectivity index (χ0) is 7.33. The Kier molecular flexibility index (Phi) is 4.32. The van der Waals surface area contributed by atoms with Gasteiger partial charge < -0.3 is 5.11 Å². The van der Waals surface area contributed by atoms with Crippen molar-refractivity contribution < 1.29 is 5.11 Å². The maximum atomic E-state index is 8.93. The molecule has 0 amide bonds. The summed E-state index contributed by atoms with van der Waals surface area (Å²) in [6, 6.07) is 0. The molecule has 0 bridgehead atoms. The van der Waals surface area contributed by atoms with E-state index in [0.717, 1.165) is 18.6 Å². The van der Waals surface area contributed by atoms with E-state index in [0.29, 0.717) is 0 Å². The van der Waals surface area contributed by atoms with Crippen LogP contribution in [0, 0.1) is 5.41 Å². The number of thiol groups is 1. The van der Waals surface area contributed by atoms with Crippen LogP contribution < -0.4 is 0 Å². The fourth-order valence-corrected chi connectivity index (χ4v) is 1.29. The monoisotopic (exact) mass is 148 g/mol. The second kappa shape index (κ2) is 4.18. The minimum absolute atomic E-state index is 0.0864. The molecule has 0 aromatic heterocycles. The summed E-state index contributed by atoms with van der Waals surface area (Å²) in [5.74, 6) is 0.788. The van der Waals surface area contributed by atoms with Crippen molar-refractivity contribution in [2.45, 2.75) is 26.7 Å². The lowest BCUT2D eigenvalue weighted by molar-refractivity contribution is 0.138. The predicted molar refractivity (Wildman–Crippen MR) is 44.0 cm³/mol. The molecule has 0 radical (unpaired) electrons. The lowest BCUT2D eigenvalue weighted by Gasteiger charge is -2.26. The molecule has 0 unspecified atom stereocenters. The van der Waals surface area contributed by atoms with Crippen LogP contribution in [0.4, 0.5) is 0 Å². The first-order valence-electron chi connectivity index (χ1n) is 3.46. The SMILES string of the molecule is CCC(CC)(CO)CS. The molecule has 1 nitrogen and oxygen atoms in total. The van der Waals surface area contributed by atoms with E-state index in [1.807, 2.05) is 0 Å². The fraction of sp³-hybridized carbons (Fsp3) is 1.00. The third-order valence-corrected chi connectivity index (χ3v) is 2.84. The van der Waals surface area contributed by atoms with Crippen LogP contribution in [-0.2, 0) is 0 Å². The van der Waals surface area contributed by atoms with Crippen LogP contribution in [0.2, 0.25) is 0 Å². The average Bonchev–Trinajstić information content (AvgIpc) is 1.95. The van der Waals surface area contributed by atoms with Gasteiger partial charge in [0.2, 0.25) is 0 Å². The van der Waals surface area contributed by atoms with E-state index in [1.165, 1.54) is 0 Å². The Labute approximate surface area is 62.9 Å². The number of hydrogen-bond acceptors (Lipinski definition) is 2. The van der Waals surface area contributed by atoms with Crippen LogP contribution in [0.5, 0.6) is 0 Å². The van der Waals surface area contributed by atoms with Crippen molar-refractivity contribution >= 4 is 12.6 Å². The first kappa shape index (κ1) is 9.31. The lowest BCUT2D eigenvalue weighted by Crippen LogP contribution is -2.25. The van der Waals surface area contributed by atoms with Gasteiger partial charge in [-0.25, -0.2) is 0 Å². The molecule has 0 aromatic rings. The van der Waals surface area contributed by atoms with Crippen molar-refractivity contribution in [2.75, 3.05) is 12.4 Å². The van der Waals surface area contributed by atoms with Gasteiger partial charge in [-0.05, 0) is 18.6 Å². The van der Waals surface area contributed by atoms with Gasteiger partial charge in [0.05, 0.1) is 0 Å². The van der Waals surface area contributed by atoms with E-state index >= 15 is 0 Å². The molecule has 0 fully saturated rings. The fourth-order valence-electron chi connectivity index (χ4n) is 0.747. The molecule has 0 saturated carbocycles. The Balaban J connectivity index is 3.82. The molecule has 0 aliphatic heterocycles. The van der Waals surface area contributed by atoms with Gasteiger partial charge in [0, 0.05) is 12.0 Å². The predicted octanol–water partition coefficient (Wildman–Crippen LogP) is 1.71. The second-order valence-corrected chi connectivity index (χ2v) is 2.84. The minimum Gasteiger partial charge on any atom is -0.396 e. The summed E-state index contributed by atoms with van der Waals surface area (Å²) in [5.41, 5.74) is 0.0864. The Hall–Kier alpha value is 0.310. The largest absolute Gasteiger partial charge is 0.396 e. The number of aliphatic hydroxyl groups is 1. The molecule has 0 aromatic carbocycles.